The summed E-state index contributed by atoms with van der Waals surface area (Å²) in [5.74, 6) is 0.473. The fraction of sp³-hybridized carbons (Fsp3) is 0.211. The Morgan fingerprint density at radius 3 is 2.25 bits per heavy atom. The van der Waals surface area contributed by atoms with Crippen molar-refractivity contribution in [3.63, 3.8) is 0 Å². The van der Waals surface area contributed by atoms with E-state index >= 15 is 0 Å². The minimum absolute atomic E-state index is 0.207. The molecule has 24 heavy (non-hydrogen) atoms. The highest BCUT2D eigenvalue weighted by molar-refractivity contribution is 5.45. The summed E-state index contributed by atoms with van der Waals surface area (Å²) < 4.78 is 1.48. The second-order valence-corrected chi connectivity index (χ2v) is 6.01. The highest BCUT2D eigenvalue weighted by Crippen LogP contribution is 2.21. The fourth-order valence-electron chi connectivity index (χ4n) is 2.45. The molecular weight excluding hydrogens is 300 g/mol. The molecule has 0 spiro atoms. The Labute approximate surface area is 140 Å². The van der Waals surface area contributed by atoms with E-state index in [0.29, 0.717) is 17.3 Å². The quantitative estimate of drug-likeness (QED) is 0.675. The van der Waals surface area contributed by atoms with Crippen molar-refractivity contribution >= 4 is 11.4 Å². The molecule has 0 amide bonds. The van der Waals surface area contributed by atoms with Crippen LogP contribution in [0.1, 0.15) is 31.0 Å². The number of hydrogen-bond donors (Lipinski definition) is 1. The highest BCUT2D eigenvalue weighted by atomic mass is 16.1. The SMILES string of the molecule is Cc1[nH]n(-c2ccccc2)c(=O)c1N=Nc1ccc(C(C)C)cc1. The Kier molecular flexibility index (Phi) is 4.42. The van der Waals surface area contributed by atoms with Crippen LogP contribution in [0.5, 0.6) is 0 Å². The number of nitrogens with zero attached hydrogens (tertiary/aromatic N) is 3. The Morgan fingerprint density at radius 2 is 1.62 bits per heavy atom. The molecule has 2 aromatic carbocycles. The van der Waals surface area contributed by atoms with Crippen LogP contribution in [0.3, 0.4) is 0 Å². The van der Waals surface area contributed by atoms with Gasteiger partial charge in [0.25, 0.3) is 5.56 Å². The predicted molar refractivity (Wildman–Crippen MR) is 95.8 cm³/mol. The van der Waals surface area contributed by atoms with Crippen molar-refractivity contribution in [2.75, 3.05) is 0 Å². The number of nitrogens with one attached hydrogen (secondary N) is 1. The van der Waals surface area contributed by atoms with Gasteiger partial charge in [-0.05, 0) is 42.7 Å². The van der Waals surface area contributed by atoms with Crippen LogP contribution in [0.4, 0.5) is 11.4 Å². The molecular formula is C19H20N4O. The summed E-state index contributed by atoms with van der Waals surface area (Å²) >= 11 is 0. The lowest BCUT2D eigenvalue weighted by Crippen LogP contribution is -2.13. The van der Waals surface area contributed by atoms with Gasteiger partial charge < -0.3 is 0 Å². The second-order valence-electron chi connectivity index (χ2n) is 6.01. The first kappa shape index (κ1) is 15.9. The molecule has 0 radical (unpaired) electrons. The fourth-order valence-corrected chi connectivity index (χ4v) is 2.45. The summed E-state index contributed by atoms with van der Waals surface area (Å²) in [5.41, 5.74) is 3.55. The molecule has 5 heteroatoms. The van der Waals surface area contributed by atoms with Crippen LogP contribution >= 0.6 is 0 Å². The van der Waals surface area contributed by atoms with Crippen LogP contribution in [0, 0.1) is 6.92 Å². The standard InChI is InChI=1S/C19H20N4O/c1-13(2)15-9-11-16(12-10-15)20-21-18-14(3)22-23(19(18)24)17-7-5-4-6-8-17/h4-13,22H,1-3H3. The van der Waals surface area contributed by atoms with Crippen LogP contribution in [-0.2, 0) is 0 Å². The molecule has 0 bridgehead atoms. The van der Waals surface area contributed by atoms with Crippen molar-refractivity contribution < 1.29 is 0 Å². The van der Waals surface area contributed by atoms with Gasteiger partial charge in [-0.3, -0.25) is 9.89 Å². The van der Waals surface area contributed by atoms with Gasteiger partial charge in [-0.15, -0.1) is 5.11 Å². The number of hydrogen-bond acceptors (Lipinski definition) is 3. The van der Waals surface area contributed by atoms with Gasteiger partial charge in [-0.25, -0.2) is 4.68 Å². The summed E-state index contributed by atoms with van der Waals surface area (Å²) in [5, 5.41) is 11.4. The average Bonchev–Trinajstić information content (AvgIpc) is 2.88. The van der Waals surface area contributed by atoms with Crippen LogP contribution < -0.4 is 5.56 Å². The van der Waals surface area contributed by atoms with Crippen molar-refractivity contribution in [2.45, 2.75) is 26.7 Å². The van der Waals surface area contributed by atoms with Crippen LogP contribution in [0.15, 0.2) is 69.6 Å². The van der Waals surface area contributed by atoms with Gasteiger partial charge >= 0.3 is 0 Å². The van der Waals surface area contributed by atoms with Crippen molar-refractivity contribution in [1.82, 2.24) is 9.78 Å². The third kappa shape index (κ3) is 3.20. The van der Waals surface area contributed by atoms with Crippen molar-refractivity contribution in [1.29, 1.82) is 0 Å². The number of aryl methyl sites for hydroxylation is 1. The zero-order valence-electron chi connectivity index (χ0n) is 14.0. The molecule has 0 aliphatic heterocycles. The Morgan fingerprint density at radius 1 is 0.958 bits per heavy atom. The van der Waals surface area contributed by atoms with Gasteiger partial charge in [0.2, 0.25) is 0 Å². The molecule has 0 unspecified atom stereocenters. The minimum Gasteiger partial charge on any atom is -0.293 e. The molecule has 0 saturated heterocycles. The number of aromatic nitrogens is 2. The van der Waals surface area contributed by atoms with E-state index in [4.69, 9.17) is 0 Å². The zero-order valence-corrected chi connectivity index (χ0v) is 14.0. The maximum Gasteiger partial charge on any atom is 0.299 e. The molecule has 0 aliphatic carbocycles. The van der Waals surface area contributed by atoms with E-state index in [-0.39, 0.29) is 5.56 Å². The van der Waals surface area contributed by atoms with Crippen LogP contribution in [-0.4, -0.2) is 9.78 Å². The van der Waals surface area contributed by atoms with E-state index in [1.165, 1.54) is 10.2 Å². The minimum atomic E-state index is -0.207. The van der Waals surface area contributed by atoms with Crippen molar-refractivity contribution in [2.24, 2.45) is 10.2 Å². The highest BCUT2D eigenvalue weighted by Gasteiger charge is 2.11. The van der Waals surface area contributed by atoms with Crippen LogP contribution in [0.25, 0.3) is 5.69 Å². The molecule has 122 valence electrons. The van der Waals surface area contributed by atoms with E-state index in [0.717, 1.165) is 11.4 Å². The van der Waals surface area contributed by atoms with Gasteiger partial charge in [0.1, 0.15) is 0 Å². The van der Waals surface area contributed by atoms with E-state index in [2.05, 4.69) is 29.2 Å². The molecule has 0 atom stereocenters. The number of rotatable bonds is 4. The number of H-pyrrole nitrogens is 1. The van der Waals surface area contributed by atoms with Gasteiger partial charge in [0.05, 0.1) is 17.1 Å². The zero-order chi connectivity index (χ0) is 17.1. The van der Waals surface area contributed by atoms with E-state index < -0.39 is 0 Å². The lowest BCUT2D eigenvalue weighted by Gasteiger charge is -2.03. The molecule has 0 fully saturated rings. The summed E-state index contributed by atoms with van der Waals surface area (Å²) in [6.45, 7) is 6.11. The smallest absolute Gasteiger partial charge is 0.293 e. The molecule has 1 heterocycles. The number of azo groups is 1. The van der Waals surface area contributed by atoms with E-state index in [1.54, 1.807) is 0 Å². The number of benzene rings is 2. The Balaban J connectivity index is 1.90. The first-order valence-corrected chi connectivity index (χ1v) is 7.95. The second kappa shape index (κ2) is 6.66. The summed E-state index contributed by atoms with van der Waals surface area (Å²) in [6, 6.07) is 17.3. The van der Waals surface area contributed by atoms with Crippen molar-refractivity contribution in [3.8, 4) is 5.69 Å². The van der Waals surface area contributed by atoms with Crippen molar-refractivity contribution in [3.05, 3.63) is 76.2 Å². The lowest BCUT2D eigenvalue weighted by atomic mass is 10.0. The van der Waals surface area contributed by atoms with E-state index in [9.17, 15) is 4.79 Å². The summed E-state index contributed by atoms with van der Waals surface area (Å²) in [6.07, 6.45) is 0. The number of para-hydroxylation sites is 1. The molecule has 0 saturated carbocycles. The van der Waals surface area contributed by atoms with Crippen LogP contribution in [0.2, 0.25) is 0 Å². The molecule has 1 aromatic heterocycles. The maximum absolute atomic E-state index is 12.5. The normalized spacial score (nSPS) is 11.5. The first-order valence-electron chi connectivity index (χ1n) is 7.95. The molecule has 3 aromatic rings. The Hall–Kier alpha value is -2.95. The topological polar surface area (TPSA) is 62.5 Å². The van der Waals surface area contributed by atoms with Gasteiger partial charge in [-0.1, -0.05) is 44.2 Å². The third-order valence-corrected chi connectivity index (χ3v) is 3.88. The maximum atomic E-state index is 12.5. The Bertz CT molecular complexity index is 903. The van der Waals surface area contributed by atoms with E-state index in [1.807, 2.05) is 61.5 Å². The molecule has 3 rings (SSSR count). The molecule has 0 aliphatic rings. The predicted octanol–water partition coefficient (Wildman–Crippen LogP) is 5.01. The summed E-state index contributed by atoms with van der Waals surface area (Å²) in [7, 11) is 0. The summed E-state index contributed by atoms with van der Waals surface area (Å²) in [4.78, 5) is 12.5. The van der Waals surface area contributed by atoms with Gasteiger partial charge in [0, 0.05) is 0 Å². The first-order chi connectivity index (χ1) is 11.6. The van der Waals surface area contributed by atoms with Gasteiger partial charge in [-0.2, -0.15) is 5.11 Å². The molecule has 5 nitrogen and oxygen atoms in total. The third-order valence-electron chi connectivity index (χ3n) is 3.88. The molecule has 1 N–H and O–H groups in total. The largest absolute Gasteiger partial charge is 0.299 e. The lowest BCUT2D eigenvalue weighted by molar-refractivity contribution is 0.835. The average molecular weight is 320 g/mol. The number of aromatic amines is 1. The van der Waals surface area contributed by atoms with Gasteiger partial charge in [0.15, 0.2) is 5.69 Å². The monoisotopic (exact) mass is 320 g/mol.